The molecule has 0 saturated heterocycles. The molecule has 2 aromatic rings. The lowest BCUT2D eigenvalue weighted by Gasteiger charge is -2.19. The van der Waals surface area contributed by atoms with E-state index in [9.17, 15) is 13.2 Å². The number of rotatable bonds is 8. The fraction of sp³-hybridized carbons (Fsp3) is 0.368. The van der Waals surface area contributed by atoms with Crippen molar-refractivity contribution in [2.24, 2.45) is 4.99 Å². The van der Waals surface area contributed by atoms with E-state index in [2.05, 4.69) is 15.0 Å². The van der Waals surface area contributed by atoms with Crippen LogP contribution in [0.2, 0.25) is 0 Å². The largest absolute Gasteiger partial charge is 0.325 e. The van der Waals surface area contributed by atoms with Crippen molar-refractivity contribution in [3.05, 3.63) is 46.7 Å². The number of likely N-dealkylation sites (N-methyl/N-ethyl adjacent to an activating group) is 1. The summed E-state index contributed by atoms with van der Waals surface area (Å²) in [4.78, 5) is 19.9. The first kappa shape index (κ1) is 20.5. The number of carbonyl (C=O) groups excluding carboxylic acids is 1. The lowest BCUT2D eigenvalue weighted by molar-refractivity contribution is -0.117. The number of thiophene rings is 1. The average Bonchev–Trinajstić information content (AvgIpc) is 3.35. The first-order valence-corrected chi connectivity index (χ1v) is 11.5. The number of anilines is 1. The van der Waals surface area contributed by atoms with Crippen LogP contribution in [-0.4, -0.2) is 44.7 Å². The third-order valence-corrected chi connectivity index (χ3v) is 6.57. The van der Waals surface area contributed by atoms with Gasteiger partial charge in [0.05, 0.1) is 11.4 Å². The summed E-state index contributed by atoms with van der Waals surface area (Å²) >= 11 is 1.66. The molecule has 3 rings (SSSR count). The number of amidine groups is 1. The highest BCUT2D eigenvalue weighted by atomic mass is 32.2. The molecule has 0 unspecified atom stereocenters. The van der Waals surface area contributed by atoms with Gasteiger partial charge < -0.3 is 5.32 Å². The van der Waals surface area contributed by atoms with Gasteiger partial charge in [-0.15, -0.1) is 11.3 Å². The van der Waals surface area contributed by atoms with Crippen molar-refractivity contribution in [3.63, 3.8) is 0 Å². The van der Waals surface area contributed by atoms with Gasteiger partial charge in [-0.1, -0.05) is 19.1 Å². The zero-order chi connectivity index (χ0) is 20.0. The summed E-state index contributed by atoms with van der Waals surface area (Å²) in [7, 11) is -3.71. The summed E-state index contributed by atoms with van der Waals surface area (Å²) in [5.74, 6) is 0.308. The van der Waals surface area contributed by atoms with E-state index < -0.39 is 10.0 Å². The molecular formula is C19H24N4O3S2. The van der Waals surface area contributed by atoms with Gasteiger partial charge in [0.25, 0.3) is 10.0 Å². The zero-order valence-corrected chi connectivity index (χ0v) is 17.4. The Labute approximate surface area is 169 Å². The molecule has 0 fully saturated rings. The Hall–Kier alpha value is -2.23. The predicted octanol–water partition coefficient (Wildman–Crippen LogP) is 2.68. The van der Waals surface area contributed by atoms with Crippen molar-refractivity contribution >= 4 is 38.8 Å². The Morgan fingerprint density at radius 2 is 2.14 bits per heavy atom. The molecule has 1 amide bonds. The molecule has 2 N–H and O–H groups in total. The van der Waals surface area contributed by atoms with Crippen molar-refractivity contribution < 1.29 is 13.2 Å². The number of hydrogen-bond acceptors (Lipinski definition) is 6. The molecule has 7 nitrogen and oxygen atoms in total. The maximum atomic E-state index is 12.5. The minimum atomic E-state index is -3.71. The fourth-order valence-electron chi connectivity index (χ4n) is 2.88. The second kappa shape index (κ2) is 9.31. The SMILES string of the molecule is CCN(CC(=O)Nc1cccc(S(=O)(=O)NC2=NCCC2)c1)Cc1cccs1. The molecule has 1 aliphatic heterocycles. The third-order valence-electron chi connectivity index (χ3n) is 4.33. The number of nitrogens with one attached hydrogen (secondary N) is 2. The predicted molar refractivity (Wildman–Crippen MR) is 112 cm³/mol. The first-order chi connectivity index (χ1) is 13.5. The van der Waals surface area contributed by atoms with Gasteiger partial charge in [-0.2, -0.15) is 0 Å². The molecule has 9 heteroatoms. The summed E-state index contributed by atoms with van der Waals surface area (Å²) < 4.78 is 27.6. The molecule has 0 radical (unpaired) electrons. The maximum Gasteiger partial charge on any atom is 0.262 e. The van der Waals surface area contributed by atoms with Crippen LogP contribution < -0.4 is 10.0 Å². The quantitative estimate of drug-likeness (QED) is 0.687. The highest BCUT2D eigenvalue weighted by molar-refractivity contribution is 7.90. The second-order valence-corrected chi connectivity index (χ2v) is 9.21. The van der Waals surface area contributed by atoms with Crippen LogP contribution in [0.4, 0.5) is 5.69 Å². The summed E-state index contributed by atoms with van der Waals surface area (Å²) in [6.45, 7) is 4.34. The van der Waals surface area contributed by atoms with E-state index in [4.69, 9.17) is 0 Å². The van der Waals surface area contributed by atoms with Crippen LogP contribution in [-0.2, 0) is 21.4 Å². The van der Waals surface area contributed by atoms with Crippen molar-refractivity contribution in [1.29, 1.82) is 0 Å². The number of benzene rings is 1. The standard InChI is InChI=1S/C19H24N4O3S2/c1-2-23(13-16-7-5-11-27-16)14-19(24)21-15-6-3-8-17(12-15)28(25,26)22-18-9-4-10-20-18/h3,5-8,11-12H,2,4,9-10,13-14H2,1H3,(H,20,22)(H,21,24). The summed E-state index contributed by atoms with van der Waals surface area (Å²) in [6, 6.07) is 10.3. The average molecular weight is 421 g/mol. The van der Waals surface area contributed by atoms with E-state index in [1.54, 1.807) is 23.5 Å². The van der Waals surface area contributed by atoms with Crippen LogP contribution in [0.15, 0.2) is 51.7 Å². The van der Waals surface area contributed by atoms with Crippen LogP contribution >= 0.6 is 11.3 Å². The lowest BCUT2D eigenvalue weighted by Crippen LogP contribution is -2.32. The van der Waals surface area contributed by atoms with Crippen molar-refractivity contribution in [2.75, 3.05) is 25.0 Å². The molecule has 1 aliphatic rings. The number of carbonyl (C=O) groups is 1. The smallest absolute Gasteiger partial charge is 0.262 e. The Morgan fingerprint density at radius 3 is 2.82 bits per heavy atom. The molecule has 0 saturated carbocycles. The number of hydrogen-bond donors (Lipinski definition) is 2. The van der Waals surface area contributed by atoms with Crippen LogP contribution in [0.3, 0.4) is 0 Å². The molecule has 1 aromatic heterocycles. The number of amides is 1. The Bertz CT molecular complexity index is 940. The van der Waals surface area contributed by atoms with Gasteiger partial charge in [0.1, 0.15) is 5.84 Å². The number of nitrogens with zero attached hydrogens (tertiary/aromatic N) is 2. The fourth-order valence-corrected chi connectivity index (χ4v) is 4.76. The third kappa shape index (κ3) is 5.63. The van der Waals surface area contributed by atoms with E-state index >= 15 is 0 Å². The summed E-state index contributed by atoms with van der Waals surface area (Å²) in [6.07, 6.45) is 1.49. The summed E-state index contributed by atoms with van der Waals surface area (Å²) in [5, 5.41) is 4.81. The van der Waals surface area contributed by atoms with E-state index in [0.29, 0.717) is 31.0 Å². The normalized spacial score (nSPS) is 14.1. The van der Waals surface area contributed by atoms with E-state index in [0.717, 1.165) is 13.0 Å². The van der Waals surface area contributed by atoms with Crippen LogP contribution in [0, 0.1) is 0 Å². The topological polar surface area (TPSA) is 90.9 Å². The molecular weight excluding hydrogens is 396 g/mol. The number of sulfonamides is 1. The number of aliphatic imine (C=N–C) groups is 1. The van der Waals surface area contributed by atoms with Gasteiger partial charge in [0, 0.05) is 30.1 Å². The highest BCUT2D eigenvalue weighted by Crippen LogP contribution is 2.17. The Balaban J connectivity index is 1.62. The monoisotopic (exact) mass is 420 g/mol. The van der Waals surface area contributed by atoms with Gasteiger partial charge in [0.15, 0.2) is 0 Å². The minimum absolute atomic E-state index is 0.103. The maximum absolute atomic E-state index is 12.5. The van der Waals surface area contributed by atoms with Crippen LogP contribution in [0.25, 0.3) is 0 Å². The van der Waals surface area contributed by atoms with Crippen molar-refractivity contribution in [3.8, 4) is 0 Å². The van der Waals surface area contributed by atoms with Gasteiger partial charge in [-0.25, -0.2) is 8.42 Å². The van der Waals surface area contributed by atoms with Gasteiger partial charge >= 0.3 is 0 Å². The van der Waals surface area contributed by atoms with E-state index in [-0.39, 0.29) is 17.3 Å². The van der Waals surface area contributed by atoms with Crippen molar-refractivity contribution in [2.45, 2.75) is 31.2 Å². The van der Waals surface area contributed by atoms with Gasteiger partial charge in [-0.05, 0) is 42.6 Å². The van der Waals surface area contributed by atoms with E-state index in [1.165, 1.54) is 17.0 Å². The molecule has 0 aliphatic carbocycles. The zero-order valence-electron chi connectivity index (χ0n) is 15.7. The molecule has 1 aromatic carbocycles. The van der Waals surface area contributed by atoms with Crippen LogP contribution in [0.5, 0.6) is 0 Å². The second-order valence-electron chi connectivity index (χ2n) is 6.50. The molecule has 0 spiro atoms. The Kier molecular flexibility index (Phi) is 6.82. The summed E-state index contributed by atoms with van der Waals surface area (Å²) in [5.41, 5.74) is 0.452. The van der Waals surface area contributed by atoms with Gasteiger partial charge in [-0.3, -0.25) is 19.4 Å². The lowest BCUT2D eigenvalue weighted by atomic mass is 10.3. The van der Waals surface area contributed by atoms with Crippen LogP contribution in [0.1, 0.15) is 24.6 Å². The highest BCUT2D eigenvalue weighted by Gasteiger charge is 2.19. The van der Waals surface area contributed by atoms with E-state index in [1.807, 2.05) is 29.3 Å². The van der Waals surface area contributed by atoms with Crippen molar-refractivity contribution in [1.82, 2.24) is 9.62 Å². The molecule has 28 heavy (non-hydrogen) atoms. The molecule has 0 bridgehead atoms. The molecule has 0 atom stereocenters. The molecule has 2 heterocycles. The Morgan fingerprint density at radius 1 is 1.29 bits per heavy atom. The molecule has 150 valence electrons. The first-order valence-electron chi connectivity index (χ1n) is 9.17. The van der Waals surface area contributed by atoms with Gasteiger partial charge in [0.2, 0.25) is 5.91 Å². The minimum Gasteiger partial charge on any atom is -0.325 e.